The van der Waals surface area contributed by atoms with Crippen molar-refractivity contribution in [3.63, 3.8) is 0 Å². The normalized spacial score (nSPS) is 11.3. The molecule has 3 aromatic heterocycles. The molecule has 0 unspecified atom stereocenters. The molecule has 4 aromatic rings. The molecular weight excluding hydrogens is 416 g/mol. The van der Waals surface area contributed by atoms with Crippen LogP contribution in [0, 0.1) is 0 Å². The quantitative estimate of drug-likeness (QED) is 0.450. The van der Waals surface area contributed by atoms with Gasteiger partial charge in [-0.1, -0.05) is 0 Å². The lowest BCUT2D eigenvalue weighted by Gasteiger charge is -2.08. The summed E-state index contributed by atoms with van der Waals surface area (Å²) in [4.78, 5) is 26.0. The maximum Gasteiger partial charge on any atom is 0.349 e. The molecule has 3 heterocycles. The van der Waals surface area contributed by atoms with Gasteiger partial charge in [-0.15, -0.1) is 11.3 Å². The summed E-state index contributed by atoms with van der Waals surface area (Å²) >= 11 is 4.74. The van der Waals surface area contributed by atoms with Crippen LogP contribution in [0.2, 0.25) is 0 Å². The highest BCUT2D eigenvalue weighted by molar-refractivity contribution is 9.10. The highest BCUT2D eigenvalue weighted by atomic mass is 79.9. The predicted molar refractivity (Wildman–Crippen MR) is 108 cm³/mol. The van der Waals surface area contributed by atoms with E-state index in [4.69, 9.17) is 4.74 Å². The second kappa shape index (κ2) is 6.41. The first-order chi connectivity index (χ1) is 12.5. The van der Waals surface area contributed by atoms with E-state index in [1.807, 2.05) is 42.1 Å². The third-order valence-electron chi connectivity index (χ3n) is 4.27. The molecule has 7 heteroatoms. The van der Waals surface area contributed by atoms with Gasteiger partial charge in [-0.25, -0.2) is 4.79 Å². The minimum atomic E-state index is -0.391. The van der Waals surface area contributed by atoms with Crippen molar-refractivity contribution in [2.24, 2.45) is 7.05 Å². The van der Waals surface area contributed by atoms with Crippen LogP contribution in [-0.4, -0.2) is 21.7 Å². The Balaban J connectivity index is 1.98. The third-order valence-corrected chi connectivity index (χ3v) is 6.53. The van der Waals surface area contributed by atoms with Gasteiger partial charge in [0.05, 0.1) is 16.8 Å². The number of esters is 1. The van der Waals surface area contributed by atoms with Gasteiger partial charge in [0.15, 0.2) is 0 Å². The van der Waals surface area contributed by atoms with Gasteiger partial charge < -0.3 is 9.30 Å². The van der Waals surface area contributed by atoms with E-state index in [0.29, 0.717) is 20.8 Å². The molecule has 0 aliphatic heterocycles. The molecule has 0 aliphatic carbocycles. The highest BCUT2D eigenvalue weighted by Crippen LogP contribution is 2.36. The first kappa shape index (κ1) is 17.1. The zero-order valence-electron chi connectivity index (χ0n) is 14.2. The Labute approximate surface area is 161 Å². The summed E-state index contributed by atoms with van der Waals surface area (Å²) in [6.45, 7) is 2.07. The van der Waals surface area contributed by atoms with Crippen molar-refractivity contribution in [1.82, 2.24) is 9.13 Å². The first-order valence-electron chi connectivity index (χ1n) is 8.08. The van der Waals surface area contributed by atoms with Gasteiger partial charge in [0.25, 0.3) is 5.56 Å². The van der Waals surface area contributed by atoms with Gasteiger partial charge in [-0.3, -0.25) is 9.36 Å². The van der Waals surface area contributed by atoms with E-state index in [0.717, 1.165) is 22.0 Å². The Morgan fingerprint density at radius 1 is 1.23 bits per heavy atom. The summed E-state index contributed by atoms with van der Waals surface area (Å²) in [6.07, 6.45) is 1.98. The average molecular weight is 431 g/mol. The molecule has 0 bridgehead atoms. The molecule has 4 rings (SSSR count). The van der Waals surface area contributed by atoms with E-state index in [2.05, 4.69) is 15.9 Å². The molecule has 0 saturated heterocycles. The van der Waals surface area contributed by atoms with Crippen LogP contribution in [0.15, 0.2) is 51.9 Å². The molecule has 0 fully saturated rings. The van der Waals surface area contributed by atoms with Crippen LogP contribution in [0.25, 0.3) is 26.8 Å². The van der Waals surface area contributed by atoms with Gasteiger partial charge >= 0.3 is 5.97 Å². The fourth-order valence-electron chi connectivity index (χ4n) is 3.03. The van der Waals surface area contributed by atoms with Crippen molar-refractivity contribution in [2.75, 3.05) is 6.61 Å². The molecule has 1 aromatic carbocycles. The summed E-state index contributed by atoms with van der Waals surface area (Å²) in [7, 11) is 1.98. The van der Waals surface area contributed by atoms with Crippen molar-refractivity contribution in [1.29, 1.82) is 0 Å². The molecule has 0 atom stereocenters. The fraction of sp³-hybridized carbons (Fsp3) is 0.158. The van der Waals surface area contributed by atoms with Gasteiger partial charge in [0, 0.05) is 35.6 Å². The number of hydrogen-bond acceptors (Lipinski definition) is 4. The number of hydrogen-bond donors (Lipinski definition) is 0. The van der Waals surface area contributed by atoms with Gasteiger partial charge in [-0.05, 0) is 53.2 Å². The molecule has 0 spiro atoms. The third kappa shape index (κ3) is 2.59. The molecule has 26 heavy (non-hydrogen) atoms. The van der Waals surface area contributed by atoms with Crippen LogP contribution < -0.4 is 5.56 Å². The minimum absolute atomic E-state index is 0.142. The van der Waals surface area contributed by atoms with Crippen molar-refractivity contribution < 1.29 is 9.53 Å². The SMILES string of the molecule is CCOC(=O)c1sc2c(ccc(=O)n2-c2ccc3c(ccn3C)c2)c1Br. The lowest BCUT2D eigenvalue weighted by Crippen LogP contribution is -2.16. The molecule has 132 valence electrons. The molecule has 0 radical (unpaired) electrons. The lowest BCUT2D eigenvalue weighted by atomic mass is 10.2. The number of halogens is 1. The minimum Gasteiger partial charge on any atom is -0.462 e. The van der Waals surface area contributed by atoms with Crippen LogP contribution >= 0.6 is 27.3 Å². The van der Waals surface area contributed by atoms with E-state index in [9.17, 15) is 9.59 Å². The second-order valence-corrected chi connectivity index (χ2v) is 7.65. The van der Waals surface area contributed by atoms with Gasteiger partial charge in [0.2, 0.25) is 0 Å². The Hall–Kier alpha value is -2.38. The van der Waals surface area contributed by atoms with Crippen LogP contribution in [0.5, 0.6) is 0 Å². The Morgan fingerprint density at radius 3 is 2.81 bits per heavy atom. The predicted octanol–water partition coefficient (Wildman–Crippen LogP) is 4.48. The Bertz CT molecular complexity index is 1220. The number of aryl methyl sites for hydroxylation is 1. The van der Waals surface area contributed by atoms with Crippen molar-refractivity contribution >= 4 is 54.4 Å². The fourth-order valence-corrected chi connectivity index (χ4v) is 4.99. The maximum atomic E-state index is 12.6. The largest absolute Gasteiger partial charge is 0.462 e. The van der Waals surface area contributed by atoms with Gasteiger partial charge in [-0.2, -0.15) is 0 Å². The molecule has 0 saturated carbocycles. The molecule has 0 N–H and O–H groups in total. The number of benzene rings is 1. The van der Waals surface area contributed by atoms with E-state index in [1.54, 1.807) is 17.6 Å². The standard InChI is InChI=1S/C19H15BrN2O3S/c1-3-25-19(24)17-16(20)13-5-7-15(23)22(18(13)26-17)12-4-6-14-11(10-12)8-9-21(14)2/h4-10H,3H2,1-2H3. The average Bonchev–Trinajstić information content (AvgIpc) is 3.15. The van der Waals surface area contributed by atoms with Crippen molar-refractivity contribution in [3.05, 3.63) is 62.3 Å². The molecule has 0 aliphatic rings. The summed E-state index contributed by atoms with van der Waals surface area (Å²) in [5.41, 5.74) is 1.72. The van der Waals surface area contributed by atoms with E-state index < -0.39 is 5.97 Å². The van der Waals surface area contributed by atoms with Crippen LogP contribution in [-0.2, 0) is 11.8 Å². The second-order valence-electron chi connectivity index (χ2n) is 5.86. The molecular formula is C19H15BrN2O3S. The number of carbonyl (C=O) groups excluding carboxylic acids is 1. The molecule has 0 amide bonds. The number of carbonyl (C=O) groups is 1. The topological polar surface area (TPSA) is 53.2 Å². The van der Waals surface area contributed by atoms with Crippen molar-refractivity contribution in [3.8, 4) is 5.69 Å². The van der Waals surface area contributed by atoms with Crippen LogP contribution in [0.4, 0.5) is 0 Å². The highest BCUT2D eigenvalue weighted by Gasteiger charge is 2.20. The molecule has 5 nitrogen and oxygen atoms in total. The summed E-state index contributed by atoms with van der Waals surface area (Å²) < 4.78 is 9.45. The number of fused-ring (bicyclic) bond motifs is 2. The van der Waals surface area contributed by atoms with Gasteiger partial charge in [0.1, 0.15) is 9.71 Å². The van der Waals surface area contributed by atoms with Crippen molar-refractivity contribution in [2.45, 2.75) is 6.92 Å². The number of aromatic nitrogens is 2. The Morgan fingerprint density at radius 2 is 2.04 bits per heavy atom. The lowest BCUT2D eigenvalue weighted by molar-refractivity contribution is 0.0531. The number of nitrogens with zero attached hydrogens (tertiary/aromatic N) is 2. The monoisotopic (exact) mass is 430 g/mol. The summed E-state index contributed by atoms with van der Waals surface area (Å²) in [5.74, 6) is -0.391. The number of pyridine rings is 1. The van der Waals surface area contributed by atoms with E-state index in [-0.39, 0.29) is 5.56 Å². The smallest absolute Gasteiger partial charge is 0.349 e. The zero-order chi connectivity index (χ0) is 18.4. The van der Waals surface area contributed by atoms with Crippen LogP contribution in [0.1, 0.15) is 16.6 Å². The van der Waals surface area contributed by atoms with Crippen LogP contribution in [0.3, 0.4) is 0 Å². The number of rotatable bonds is 3. The zero-order valence-corrected chi connectivity index (χ0v) is 16.6. The summed E-state index contributed by atoms with van der Waals surface area (Å²) in [5, 5.41) is 1.86. The maximum absolute atomic E-state index is 12.6. The number of ether oxygens (including phenoxy) is 1. The van der Waals surface area contributed by atoms with E-state index in [1.165, 1.54) is 17.4 Å². The van der Waals surface area contributed by atoms with E-state index >= 15 is 0 Å². The first-order valence-corrected chi connectivity index (χ1v) is 9.69. The summed E-state index contributed by atoms with van der Waals surface area (Å²) in [6, 6.07) is 11.2. The number of thiophene rings is 1. The Kier molecular flexibility index (Phi) is 4.20.